The molecule has 1 rings (SSSR count). The van der Waals surface area contributed by atoms with Crippen LogP contribution in [-0.2, 0) is 20.7 Å². The second-order valence-corrected chi connectivity index (χ2v) is 4.56. The van der Waals surface area contributed by atoms with Gasteiger partial charge in [-0.3, -0.25) is 4.79 Å². The van der Waals surface area contributed by atoms with E-state index < -0.39 is 12.3 Å². The van der Waals surface area contributed by atoms with Gasteiger partial charge < -0.3 is 25.6 Å². The molecule has 0 aliphatic heterocycles. The SMILES string of the molecule is CCOC(CNC(=O)C(N)Cc1ccc(O)cc1)OCC. The number of hydrogen-bond acceptors (Lipinski definition) is 5. The molecule has 1 aromatic carbocycles. The summed E-state index contributed by atoms with van der Waals surface area (Å²) >= 11 is 0. The van der Waals surface area contributed by atoms with Crippen molar-refractivity contribution >= 4 is 5.91 Å². The lowest BCUT2D eigenvalue weighted by molar-refractivity contribution is -0.141. The summed E-state index contributed by atoms with van der Waals surface area (Å²) in [5.74, 6) is -0.0690. The van der Waals surface area contributed by atoms with Crippen molar-refractivity contribution in [1.82, 2.24) is 5.32 Å². The Hall–Kier alpha value is -1.63. The molecule has 0 saturated carbocycles. The first-order chi connectivity index (χ1) is 10.1. The fraction of sp³-hybridized carbons (Fsp3) is 0.533. The van der Waals surface area contributed by atoms with E-state index in [0.717, 1.165) is 5.56 Å². The highest BCUT2D eigenvalue weighted by molar-refractivity contribution is 5.81. The zero-order valence-electron chi connectivity index (χ0n) is 12.5. The van der Waals surface area contributed by atoms with Crippen molar-refractivity contribution in [3.63, 3.8) is 0 Å². The zero-order chi connectivity index (χ0) is 15.7. The molecule has 6 heteroatoms. The summed E-state index contributed by atoms with van der Waals surface area (Å²) in [6.45, 7) is 5.03. The molecule has 0 aliphatic carbocycles. The first kappa shape index (κ1) is 17.4. The fourth-order valence-corrected chi connectivity index (χ4v) is 1.83. The van der Waals surface area contributed by atoms with Crippen LogP contribution in [-0.4, -0.2) is 43.1 Å². The van der Waals surface area contributed by atoms with Crippen LogP contribution in [0.15, 0.2) is 24.3 Å². The topological polar surface area (TPSA) is 93.8 Å². The Morgan fingerprint density at radius 1 is 1.24 bits per heavy atom. The average Bonchev–Trinajstić information content (AvgIpc) is 2.47. The molecule has 0 spiro atoms. The van der Waals surface area contributed by atoms with Crippen LogP contribution in [0.3, 0.4) is 0 Å². The fourth-order valence-electron chi connectivity index (χ4n) is 1.83. The molecule has 0 saturated heterocycles. The molecule has 0 bridgehead atoms. The van der Waals surface area contributed by atoms with E-state index in [2.05, 4.69) is 5.32 Å². The van der Waals surface area contributed by atoms with Crippen molar-refractivity contribution in [2.24, 2.45) is 5.73 Å². The third-order valence-corrected chi connectivity index (χ3v) is 2.88. The minimum Gasteiger partial charge on any atom is -0.508 e. The molecule has 0 heterocycles. The van der Waals surface area contributed by atoms with Crippen LogP contribution >= 0.6 is 0 Å². The van der Waals surface area contributed by atoms with Crippen LogP contribution in [0.2, 0.25) is 0 Å². The highest BCUT2D eigenvalue weighted by Gasteiger charge is 2.16. The lowest BCUT2D eigenvalue weighted by atomic mass is 10.1. The van der Waals surface area contributed by atoms with Crippen molar-refractivity contribution in [2.45, 2.75) is 32.6 Å². The van der Waals surface area contributed by atoms with E-state index in [0.29, 0.717) is 19.6 Å². The van der Waals surface area contributed by atoms with Crippen molar-refractivity contribution < 1.29 is 19.4 Å². The van der Waals surface area contributed by atoms with E-state index in [4.69, 9.17) is 15.2 Å². The summed E-state index contributed by atoms with van der Waals surface area (Å²) in [6, 6.07) is 5.97. The van der Waals surface area contributed by atoms with Crippen LogP contribution in [0.5, 0.6) is 5.75 Å². The molecule has 21 heavy (non-hydrogen) atoms. The largest absolute Gasteiger partial charge is 0.508 e. The minimum atomic E-state index is -0.654. The molecule has 0 aliphatic rings. The van der Waals surface area contributed by atoms with E-state index in [1.165, 1.54) is 0 Å². The molecule has 0 aromatic heterocycles. The maximum absolute atomic E-state index is 11.9. The monoisotopic (exact) mass is 296 g/mol. The van der Waals surface area contributed by atoms with E-state index in [1.54, 1.807) is 24.3 Å². The van der Waals surface area contributed by atoms with Gasteiger partial charge in [0.05, 0.1) is 12.6 Å². The number of nitrogens with one attached hydrogen (secondary N) is 1. The molecule has 118 valence electrons. The van der Waals surface area contributed by atoms with Crippen LogP contribution in [0.4, 0.5) is 0 Å². The van der Waals surface area contributed by atoms with Gasteiger partial charge in [0, 0.05) is 13.2 Å². The van der Waals surface area contributed by atoms with E-state index in [-0.39, 0.29) is 18.2 Å². The normalized spacial score (nSPS) is 12.4. The lowest BCUT2D eigenvalue weighted by Gasteiger charge is -2.19. The molecule has 6 nitrogen and oxygen atoms in total. The average molecular weight is 296 g/mol. The minimum absolute atomic E-state index is 0.188. The smallest absolute Gasteiger partial charge is 0.237 e. The Bertz CT molecular complexity index is 416. The third kappa shape index (κ3) is 6.57. The van der Waals surface area contributed by atoms with E-state index in [1.807, 2.05) is 13.8 Å². The number of ether oxygens (including phenoxy) is 2. The molecule has 4 N–H and O–H groups in total. The zero-order valence-corrected chi connectivity index (χ0v) is 12.5. The number of nitrogens with two attached hydrogens (primary N) is 1. The standard InChI is InChI=1S/C15H24N2O4/c1-3-20-14(21-4-2)10-17-15(19)13(16)9-11-5-7-12(18)8-6-11/h5-8,13-14,18H,3-4,9-10,16H2,1-2H3,(H,17,19). The molecule has 1 amide bonds. The predicted octanol–water partition coefficient (Wildman–Crippen LogP) is 0.777. The van der Waals surface area contributed by atoms with Gasteiger partial charge in [0.25, 0.3) is 0 Å². The van der Waals surface area contributed by atoms with Gasteiger partial charge in [-0.05, 0) is 38.0 Å². The van der Waals surface area contributed by atoms with E-state index in [9.17, 15) is 9.90 Å². The molecular formula is C15H24N2O4. The number of aromatic hydroxyl groups is 1. The molecule has 1 atom stereocenters. The summed E-state index contributed by atoms with van der Waals surface area (Å²) in [6.07, 6.45) is -0.0510. The second-order valence-electron chi connectivity index (χ2n) is 4.56. The van der Waals surface area contributed by atoms with Crippen molar-refractivity contribution in [3.8, 4) is 5.75 Å². The van der Waals surface area contributed by atoms with Gasteiger partial charge in [-0.15, -0.1) is 0 Å². The van der Waals surface area contributed by atoms with Crippen LogP contribution in [0.25, 0.3) is 0 Å². The lowest BCUT2D eigenvalue weighted by Crippen LogP contribution is -2.45. The number of phenols is 1. The summed E-state index contributed by atoms with van der Waals surface area (Å²) in [5, 5.41) is 11.9. The summed E-state index contributed by atoms with van der Waals surface area (Å²) < 4.78 is 10.7. The Balaban J connectivity index is 2.41. The summed E-state index contributed by atoms with van der Waals surface area (Å²) in [4.78, 5) is 11.9. The van der Waals surface area contributed by atoms with Crippen LogP contribution in [0, 0.1) is 0 Å². The Kier molecular flexibility index (Phi) is 7.74. The summed E-state index contributed by atoms with van der Waals surface area (Å²) in [7, 11) is 0. The van der Waals surface area contributed by atoms with Crippen molar-refractivity contribution in [1.29, 1.82) is 0 Å². The Labute approximate surface area is 125 Å². The molecule has 1 unspecified atom stereocenters. The van der Waals surface area contributed by atoms with E-state index >= 15 is 0 Å². The number of hydrogen-bond donors (Lipinski definition) is 3. The number of benzene rings is 1. The highest BCUT2D eigenvalue weighted by atomic mass is 16.7. The number of carbonyl (C=O) groups is 1. The maximum atomic E-state index is 11.9. The van der Waals surface area contributed by atoms with Gasteiger partial charge in [0.15, 0.2) is 6.29 Å². The van der Waals surface area contributed by atoms with Gasteiger partial charge in [0.2, 0.25) is 5.91 Å². The van der Waals surface area contributed by atoms with Gasteiger partial charge >= 0.3 is 0 Å². The van der Waals surface area contributed by atoms with Gasteiger partial charge in [-0.2, -0.15) is 0 Å². The quantitative estimate of drug-likeness (QED) is 0.585. The van der Waals surface area contributed by atoms with Crippen LogP contribution < -0.4 is 11.1 Å². The molecular weight excluding hydrogens is 272 g/mol. The van der Waals surface area contributed by atoms with Gasteiger partial charge in [-0.1, -0.05) is 12.1 Å². The number of amides is 1. The first-order valence-electron chi connectivity index (χ1n) is 7.11. The molecule has 1 aromatic rings. The first-order valence-corrected chi connectivity index (χ1v) is 7.11. The Morgan fingerprint density at radius 3 is 2.33 bits per heavy atom. The highest BCUT2D eigenvalue weighted by Crippen LogP contribution is 2.10. The maximum Gasteiger partial charge on any atom is 0.237 e. The second kappa shape index (κ2) is 9.33. The van der Waals surface area contributed by atoms with Crippen molar-refractivity contribution in [2.75, 3.05) is 19.8 Å². The third-order valence-electron chi connectivity index (χ3n) is 2.88. The molecule has 0 fully saturated rings. The predicted molar refractivity (Wildman–Crippen MR) is 79.8 cm³/mol. The number of carbonyl (C=O) groups excluding carboxylic acids is 1. The van der Waals surface area contributed by atoms with Gasteiger partial charge in [-0.25, -0.2) is 0 Å². The summed E-state index contributed by atoms with van der Waals surface area (Å²) in [5.41, 5.74) is 6.76. The number of rotatable bonds is 9. The van der Waals surface area contributed by atoms with Gasteiger partial charge in [0.1, 0.15) is 5.75 Å². The van der Waals surface area contributed by atoms with Crippen molar-refractivity contribution in [3.05, 3.63) is 29.8 Å². The Morgan fingerprint density at radius 2 is 1.81 bits per heavy atom. The molecule has 0 radical (unpaired) electrons. The van der Waals surface area contributed by atoms with Crippen LogP contribution in [0.1, 0.15) is 19.4 Å². The number of phenolic OH excluding ortho intramolecular Hbond substituents is 1.